The number of hydrogen-bond acceptors (Lipinski definition) is 4. The summed E-state index contributed by atoms with van der Waals surface area (Å²) < 4.78 is 1.92. The van der Waals surface area contributed by atoms with E-state index in [9.17, 15) is 4.79 Å². The zero-order valence-corrected chi connectivity index (χ0v) is 13.8. The second-order valence-electron chi connectivity index (χ2n) is 6.55. The zero-order chi connectivity index (χ0) is 16.2. The monoisotopic (exact) mass is 315 g/mol. The Morgan fingerprint density at radius 2 is 2.13 bits per heavy atom. The van der Waals surface area contributed by atoms with E-state index >= 15 is 0 Å². The molecule has 124 valence electrons. The van der Waals surface area contributed by atoms with Crippen LogP contribution in [0.3, 0.4) is 0 Å². The van der Waals surface area contributed by atoms with Crippen molar-refractivity contribution in [3.05, 3.63) is 30.2 Å². The minimum atomic E-state index is -0.153. The molecule has 23 heavy (non-hydrogen) atoms. The van der Waals surface area contributed by atoms with E-state index in [1.807, 2.05) is 35.7 Å². The van der Waals surface area contributed by atoms with E-state index in [1.54, 1.807) is 0 Å². The number of carbonyl (C=O) groups is 1. The van der Waals surface area contributed by atoms with Crippen LogP contribution in [0.25, 0.3) is 5.65 Å². The van der Waals surface area contributed by atoms with Gasteiger partial charge in [0.1, 0.15) is 0 Å². The van der Waals surface area contributed by atoms with Crippen LogP contribution in [0.2, 0.25) is 0 Å². The third-order valence-corrected chi connectivity index (χ3v) is 4.80. The maximum atomic E-state index is 12.4. The van der Waals surface area contributed by atoms with Gasteiger partial charge in [0.15, 0.2) is 11.5 Å². The number of rotatable bonds is 5. The molecule has 1 aliphatic rings. The van der Waals surface area contributed by atoms with Gasteiger partial charge < -0.3 is 10.6 Å². The third kappa shape index (κ3) is 3.69. The van der Waals surface area contributed by atoms with Gasteiger partial charge in [-0.05, 0) is 56.8 Å². The maximum Gasteiger partial charge on any atom is 0.220 e. The van der Waals surface area contributed by atoms with E-state index in [0.717, 1.165) is 24.6 Å². The lowest BCUT2D eigenvalue weighted by atomic mass is 9.84. The topological polar surface area (TPSA) is 71.3 Å². The van der Waals surface area contributed by atoms with Crippen molar-refractivity contribution < 1.29 is 4.79 Å². The Hall–Kier alpha value is -1.95. The molecule has 1 fully saturated rings. The first kappa shape index (κ1) is 15.9. The van der Waals surface area contributed by atoms with Gasteiger partial charge in [-0.1, -0.05) is 13.0 Å². The van der Waals surface area contributed by atoms with Gasteiger partial charge in [0.2, 0.25) is 5.91 Å². The maximum absolute atomic E-state index is 12.4. The minimum absolute atomic E-state index is 0.0937. The molecule has 2 unspecified atom stereocenters. The summed E-state index contributed by atoms with van der Waals surface area (Å²) in [6, 6.07) is 5.62. The summed E-state index contributed by atoms with van der Waals surface area (Å²) in [5, 5.41) is 14.8. The van der Waals surface area contributed by atoms with Crippen molar-refractivity contribution in [2.45, 2.75) is 39.2 Å². The highest BCUT2D eigenvalue weighted by molar-refractivity contribution is 5.76. The highest BCUT2D eigenvalue weighted by atomic mass is 16.1. The number of carbonyl (C=O) groups excluding carboxylic acids is 1. The summed E-state index contributed by atoms with van der Waals surface area (Å²) in [5.41, 5.74) is 0.798. The average molecular weight is 315 g/mol. The van der Waals surface area contributed by atoms with E-state index < -0.39 is 0 Å². The Bertz CT molecular complexity index is 662. The molecule has 2 aromatic rings. The first-order valence-corrected chi connectivity index (χ1v) is 8.45. The van der Waals surface area contributed by atoms with Crippen LogP contribution >= 0.6 is 0 Å². The molecular formula is C17H25N5O. The highest BCUT2D eigenvalue weighted by Crippen LogP contribution is 2.24. The molecule has 3 rings (SSSR count). The molecule has 0 aromatic carbocycles. The molecule has 1 amide bonds. The van der Waals surface area contributed by atoms with Gasteiger partial charge in [0, 0.05) is 12.6 Å². The van der Waals surface area contributed by atoms with Gasteiger partial charge in [-0.2, -0.15) is 0 Å². The van der Waals surface area contributed by atoms with E-state index in [-0.39, 0.29) is 11.9 Å². The Morgan fingerprint density at radius 1 is 1.35 bits per heavy atom. The minimum Gasteiger partial charge on any atom is -0.346 e. The smallest absolute Gasteiger partial charge is 0.220 e. The summed E-state index contributed by atoms with van der Waals surface area (Å²) in [6.45, 7) is 6.28. The van der Waals surface area contributed by atoms with Crippen molar-refractivity contribution >= 4 is 11.6 Å². The summed E-state index contributed by atoms with van der Waals surface area (Å²) in [5.74, 6) is 1.92. The first-order valence-electron chi connectivity index (χ1n) is 8.45. The number of amides is 1. The summed E-state index contributed by atoms with van der Waals surface area (Å²) in [6.07, 6.45) is 4.83. The molecule has 1 aliphatic heterocycles. The predicted octanol–water partition coefficient (Wildman–Crippen LogP) is 1.93. The van der Waals surface area contributed by atoms with Crippen LogP contribution in [-0.4, -0.2) is 33.6 Å². The van der Waals surface area contributed by atoms with E-state index in [0.29, 0.717) is 18.3 Å². The normalized spacial score (nSPS) is 18.7. The van der Waals surface area contributed by atoms with Gasteiger partial charge in [-0.15, -0.1) is 10.2 Å². The second-order valence-corrected chi connectivity index (χ2v) is 6.55. The largest absolute Gasteiger partial charge is 0.346 e. The number of hydrogen-bond donors (Lipinski definition) is 2. The quantitative estimate of drug-likeness (QED) is 0.884. The van der Waals surface area contributed by atoms with Gasteiger partial charge in [-0.3, -0.25) is 9.20 Å². The van der Waals surface area contributed by atoms with Crippen LogP contribution in [0, 0.1) is 11.8 Å². The van der Waals surface area contributed by atoms with Crippen LogP contribution < -0.4 is 10.6 Å². The number of piperidine rings is 1. The molecule has 0 aliphatic carbocycles. The van der Waals surface area contributed by atoms with Crippen molar-refractivity contribution in [2.24, 2.45) is 11.8 Å². The van der Waals surface area contributed by atoms with E-state index in [4.69, 9.17) is 0 Å². The van der Waals surface area contributed by atoms with Crippen LogP contribution in [0.5, 0.6) is 0 Å². The van der Waals surface area contributed by atoms with Crippen LogP contribution in [0.15, 0.2) is 24.4 Å². The van der Waals surface area contributed by atoms with Gasteiger partial charge in [-0.25, -0.2) is 0 Å². The fourth-order valence-corrected chi connectivity index (χ4v) is 3.39. The Labute approximate surface area is 136 Å². The molecule has 0 bridgehead atoms. The van der Waals surface area contributed by atoms with E-state index in [1.165, 1.54) is 12.8 Å². The molecule has 0 spiro atoms. The Kier molecular flexibility index (Phi) is 4.91. The van der Waals surface area contributed by atoms with Crippen LogP contribution in [0.4, 0.5) is 0 Å². The molecule has 0 radical (unpaired) electrons. The summed E-state index contributed by atoms with van der Waals surface area (Å²) >= 11 is 0. The van der Waals surface area contributed by atoms with Crippen molar-refractivity contribution in [1.82, 2.24) is 25.2 Å². The molecule has 0 saturated carbocycles. The Balaban J connectivity index is 1.58. The lowest BCUT2D eigenvalue weighted by Crippen LogP contribution is -2.34. The molecule has 2 atom stereocenters. The van der Waals surface area contributed by atoms with Crippen molar-refractivity contribution in [3.63, 3.8) is 0 Å². The van der Waals surface area contributed by atoms with Gasteiger partial charge in [0.25, 0.3) is 0 Å². The highest BCUT2D eigenvalue weighted by Gasteiger charge is 2.23. The first-order chi connectivity index (χ1) is 11.1. The molecule has 2 aromatic heterocycles. The summed E-state index contributed by atoms with van der Waals surface area (Å²) in [4.78, 5) is 12.4. The van der Waals surface area contributed by atoms with Gasteiger partial charge in [0.05, 0.1) is 6.04 Å². The molecule has 6 nitrogen and oxygen atoms in total. The lowest BCUT2D eigenvalue weighted by molar-refractivity contribution is -0.123. The van der Waals surface area contributed by atoms with Crippen LogP contribution in [-0.2, 0) is 4.79 Å². The third-order valence-electron chi connectivity index (χ3n) is 4.80. The zero-order valence-electron chi connectivity index (χ0n) is 13.8. The number of nitrogens with one attached hydrogen (secondary N) is 2. The van der Waals surface area contributed by atoms with E-state index in [2.05, 4.69) is 27.8 Å². The van der Waals surface area contributed by atoms with Gasteiger partial charge >= 0.3 is 0 Å². The fourth-order valence-electron chi connectivity index (χ4n) is 3.39. The fraction of sp³-hybridized carbons (Fsp3) is 0.588. The van der Waals surface area contributed by atoms with Crippen molar-refractivity contribution in [2.75, 3.05) is 13.1 Å². The average Bonchev–Trinajstić information content (AvgIpc) is 2.99. The molecular weight excluding hydrogens is 290 g/mol. The lowest BCUT2D eigenvalue weighted by Gasteiger charge is -2.28. The number of pyridine rings is 1. The van der Waals surface area contributed by atoms with Crippen molar-refractivity contribution in [3.8, 4) is 0 Å². The standard InChI is InChI=1S/C17H25N5O/c1-12(14-6-8-18-9-7-14)11-16(23)19-13(2)17-21-20-15-5-3-4-10-22(15)17/h3-5,10,12-14,18H,6-9,11H2,1-2H3,(H,19,23). The number of fused-ring (bicyclic) bond motifs is 1. The number of nitrogens with zero attached hydrogens (tertiary/aromatic N) is 3. The Morgan fingerprint density at radius 3 is 2.91 bits per heavy atom. The predicted molar refractivity (Wildman–Crippen MR) is 88.9 cm³/mol. The van der Waals surface area contributed by atoms with Crippen molar-refractivity contribution in [1.29, 1.82) is 0 Å². The van der Waals surface area contributed by atoms with Crippen LogP contribution in [0.1, 0.15) is 45.0 Å². The SMILES string of the molecule is CC(NC(=O)CC(C)C1CCNCC1)c1nnc2ccccn12. The molecule has 6 heteroatoms. The molecule has 1 saturated heterocycles. The summed E-state index contributed by atoms with van der Waals surface area (Å²) in [7, 11) is 0. The number of aromatic nitrogens is 3. The molecule has 2 N–H and O–H groups in total. The second kappa shape index (κ2) is 7.08. The molecule has 3 heterocycles.